The van der Waals surface area contributed by atoms with Crippen LogP contribution in [0.4, 0.5) is 11.4 Å². The topological polar surface area (TPSA) is 63.7 Å². The van der Waals surface area contributed by atoms with E-state index in [1.54, 1.807) is 36.5 Å². The zero-order chi connectivity index (χ0) is 19.0. The Morgan fingerprint density at radius 2 is 1.96 bits per heavy atom. The molecule has 1 aliphatic heterocycles. The number of carbonyl (C=O) groups excluding carboxylic acids is 1. The number of anilines is 2. The molecular weight excluding hydrogens is 362 g/mol. The van der Waals surface area contributed by atoms with Crippen LogP contribution in [0.5, 0.6) is 11.5 Å². The Balaban J connectivity index is 1.88. The number of carbonyl (C=O) groups is 1. The molecule has 0 saturated carbocycles. The molecule has 1 N–H and O–H groups in total. The third-order valence-electron chi connectivity index (χ3n) is 4.49. The van der Waals surface area contributed by atoms with Crippen molar-refractivity contribution in [1.29, 1.82) is 0 Å². The summed E-state index contributed by atoms with van der Waals surface area (Å²) >= 11 is 1.55. The number of ether oxygens (including phenoxy) is 2. The van der Waals surface area contributed by atoms with Gasteiger partial charge < -0.3 is 14.8 Å². The molecular formula is C20H19N3O3S. The molecule has 3 aromatic rings. The number of rotatable bonds is 4. The van der Waals surface area contributed by atoms with Gasteiger partial charge in [0.2, 0.25) is 0 Å². The van der Waals surface area contributed by atoms with Crippen LogP contribution in [-0.2, 0) is 0 Å². The molecule has 1 atom stereocenters. The van der Waals surface area contributed by atoms with Gasteiger partial charge in [0.15, 0.2) is 6.17 Å². The van der Waals surface area contributed by atoms with E-state index in [1.807, 2.05) is 48.7 Å². The summed E-state index contributed by atoms with van der Waals surface area (Å²) in [6.07, 6.45) is -0.431. The van der Waals surface area contributed by atoms with Crippen LogP contribution in [-0.4, -0.2) is 25.1 Å². The number of thiazole rings is 1. The molecule has 0 unspecified atom stereocenters. The van der Waals surface area contributed by atoms with Crippen molar-refractivity contribution in [1.82, 2.24) is 4.98 Å². The van der Waals surface area contributed by atoms with Gasteiger partial charge in [0.1, 0.15) is 11.5 Å². The smallest absolute Gasteiger partial charge is 0.262 e. The van der Waals surface area contributed by atoms with Crippen molar-refractivity contribution in [2.45, 2.75) is 13.1 Å². The first-order chi connectivity index (χ1) is 13.1. The summed E-state index contributed by atoms with van der Waals surface area (Å²) in [7, 11) is 3.18. The van der Waals surface area contributed by atoms with Crippen molar-refractivity contribution in [3.8, 4) is 11.5 Å². The van der Waals surface area contributed by atoms with Gasteiger partial charge >= 0.3 is 0 Å². The molecule has 0 aliphatic carbocycles. The zero-order valence-electron chi connectivity index (χ0n) is 15.2. The lowest BCUT2D eigenvalue weighted by molar-refractivity contribution is 0.0973. The van der Waals surface area contributed by atoms with E-state index in [0.717, 1.165) is 16.4 Å². The molecule has 0 fully saturated rings. The average molecular weight is 381 g/mol. The first-order valence-corrected chi connectivity index (χ1v) is 9.33. The Bertz CT molecular complexity index is 1000. The van der Waals surface area contributed by atoms with Gasteiger partial charge in [-0.25, -0.2) is 4.98 Å². The fourth-order valence-corrected chi connectivity index (χ4v) is 3.83. The van der Waals surface area contributed by atoms with E-state index in [9.17, 15) is 4.79 Å². The number of hydrogen-bond acceptors (Lipinski definition) is 6. The fraction of sp³-hybridized carbons (Fsp3) is 0.200. The summed E-state index contributed by atoms with van der Waals surface area (Å²) in [6.45, 7) is 1.95. The summed E-state index contributed by atoms with van der Waals surface area (Å²) in [5.41, 5.74) is 2.85. The molecule has 0 spiro atoms. The van der Waals surface area contributed by atoms with E-state index in [0.29, 0.717) is 22.7 Å². The van der Waals surface area contributed by atoms with Gasteiger partial charge in [-0.3, -0.25) is 9.69 Å². The van der Waals surface area contributed by atoms with Gasteiger partial charge in [0.25, 0.3) is 5.91 Å². The largest absolute Gasteiger partial charge is 0.497 e. The summed E-state index contributed by atoms with van der Waals surface area (Å²) in [6, 6.07) is 12.9. The minimum Gasteiger partial charge on any atom is -0.497 e. The molecule has 1 aliphatic rings. The molecule has 1 aromatic heterocycles. The van der Waals surface area contributed by atoms with E-state index < -0.39 is 6.17 Å². The Morgan fingerprint density at radius 3 is 2.67 bits per heavy atom. The van der Waals surface area contributed by atoms with E-state index in [4.69, 9.17) is 9.47 Å². The monoisotopic (exact) mass is 381 g/mol. The van der Waals surface area contributed by atoms with E-state index in [2.05, 4.69) is 10.3 Å². The third-order valence-corrected chi connectivity index (χ3v) is 5.28. The highest BCUT2D eigenvalue weighted by Gasteiger charge is 2.36. The van der Waals surface area contributed by atoms with Crippen LogP contribution in [0.2, 0.25) is 0 Å². The zero-order valence-corrected chi connectivity index (χ0v) is 16.0. The Kier molecular flexibility index (Phi) is 4.45. The predicted molar refractivity (Wildman–Crippen MR) is 106 cm³/mol. The summed E-state index contributed by atoms with van der Waals surface area (Å²) < 4.78 is 10.8. The standard InChI is InChI=1S/C20H19N3O3S/c1-12-21-16(11-27-12)19-22-15-7-5-4-6-14(15)20(24)23(19)17-9-8-13(25-2)10-18(17)26-3/h4-11,19,22H,1-3H3/t19-/m0/s1. The van der Waals surface area contributed by atoms with E-state index in [-0.39, 0.29) is 5.91 Å². The molecule has 2 heterocycles. The molecule has 7 heteroatoms. The highest BCUT2D eigenvalue weighted by molar-refractivity contribution is 7.09. The third kappa shape index (κ3) is 3.00. The number of amides is 1. The van der Waals surface area contributed by atoms with Crippen LogP contribution < -0.4 is 19.7 Å². The molecule has 0 bridgehead atoms. The predicted octanol–water partition coefficient (Wildman–Crippen LogP) is 4.24. The van der Waals surface area contributed by atoms with Crippen LogP contribution in [0.1, 0.15) is 27.2 Å². The first-order valence-electron chi connectivity index (χ1n) is 8.45. The van der Waals surface area contributed by atoms with Crippen molar-refractivity contribution >= 4 is 28.6 Å². The maximum atomic E-state index is 13.4. The van der Waals surface area contributed by atoms with Gasteiger partial charge in [-0.15, -0.1) is 11.3 Å². The van der Waals surface area contributed by atoms with Gasteiger partial charge in [-0.2, -0.15) is 0 Å². The maximum Gasteiger partial charge on any atom is 0.262 e. The molecule has 0 saturated heterocycles. The second-order valence-corrected chi connectivity index (χ2v) is 7.16. The number of fused-ring (bicyclic) bond motifs is 1. The van der Waals surface area contributed by atoms with Crippen molar-refractivity contribution in [2.75, 3.05) is 24.4 Å². The molecule has 4 rings (SSSR count). The van der Waals surface area contributed by atoms with Gasteiger partial charge in [0, 0.05) is 17.1 Å². The first kappa shape index (κ1) is 17.4. The molecule has 2 aromatic carbocycles. The van der Waals surface area contributed by atoms with E-state index >= 15 is 0 Å². The van der Waals surface area contributed by atoms with Crippen molar-refractivity contribution < 1.29 is 14.3 Å². The number of benzene rings is 2. The molecule has 1 amide bonds. The van der Waals surface area contributed by atoms with Crippen molar-refractivity contribution in [3.63, 3.8) is 0 Å². The highest BCUT2D eigenvalue weighted by Crippen LogP contribution is 2.41. The van der Waals surface area contributed by atoms with Gasteiger partial charge in [-0.1, -0.05) is 12.1 Å². The molecule has 0 radical (unpaired) electrons. The Labute approximate surface area is 161 Å². The SMILES string of the molecule is COc1ccc(N2C(=O)c3ccccc3N[C@@H]2c2csc(C)n2)c(OC)c1. The normalized spacial score (nSPS) is 15.9. The van der Waals surface area contributed by atoms with Crippen molar-refractivity contribution in [3.05, 3.63) is 64.1 Å². The van der Waals surface area contributed by atoms with Crippen LogP contribution >= 0.6 is 11.3 Å². The van der Waals surface area contributed by atoms with Gasteiger partial charge in [-0.05, 0) is 31.2 Å². The minimum absolute atomic E-state index is 0.108. The second-order valence-electron chi connectivity index (χ2n) is 6.10. The van der Waals surface area contributed by atoms with Crippen LogP contribution in [0.15, 0.2) is 47.8 Å². The minimum atomic E-state index is -0.431. The molecule has 27 heavy (non-hydrogen) atoms. The lowest BCUT2D eigenvalue weighted by atomic mass is 10.0. The number of hydrogen-bond donors (Lipinski definition) is 1. The number of nitrogens with zero attached hydrogens (tertiary/aromatic N) is 2. The number of para-hydroxylation sites is 1. The molecule has 138 valence electrons. The highest BCUT2D eigenvalue weighted by atomic mass is 32.1. The van der Waals surface area contributed by atoms with Crippen LogP contribution in [0.3, 0.4) is 0 Å². The quantitative estimate of drug-likeness (QED) is 0.732. The number of aryl methyl sites for hydroxylation is 1. The summed E-state index contributed by atoms with van der Waals surface area (Å²) in [5, 5.41) is 6.36. The number of methoxy groups -OCH3 is 2. The van der Waals surface area contributed by atoms with Crippen molar-refractivity contribution in [2.24, 2.45) is 0 Å². The van der Waals surface area contributed by atoms with E-state index in [1.165, 1.54) is 0 Å². The summed E-state index contributed by atoms with van der Waals surface area (Å²) in [4.78, 5) is 19.7. The average Bonchev–Trinajstić information content (AvgIpc) is 3.14. The second kappa shape index (κ2) is 6.92. The maximum absolute atomic E-state index is 13.4. The Hall–Kier alpha value is -3.06. The van der Waals surface area contributed by atoms with Crippen LogP contribution in [0, 0.1) is 6.92 Å². The number of nitrogens with one attached hydrogen (secondary N) is 1. The summed E-state index contributed by atoms with van der Waals surface area (Å²) in [5.74, 6) is 1.11. The fourth-order valence-electron chi connectivity index (χ4n) is 3.20. The lowest BCUT2D eigenvalue weighted by Crippen LogP contribution is -2.43. The Morgan fingerprint density at radius 1 is 1.15 bits per heavy atom. The molecule has 6 nitrogen and oxygen atoms in total. The lowest BCUT2D eigenvalue weighted by Gasteiger charge is -2.37. The van der Waals surface area contributed by atoms with Gasteiger partial charge in [0.05, 0.1) is 36.2 Å². The number of aromatic nitrogens is 1. The van der Waals surface area contributed by atoms with Crippen LogP contribution in [0.25, 0.3) is 0 Å².